The Morgan fingerprint density at radius 1 is 1.40 bits per heavy atom. The van der Waals surface area contributed by atoms with Gasteiger partial charge in [-0.05, 0) is 24.6 Å². The van der Waals surface area contributed by atoms with Crippen LogP contribution in [0, 0.1) is 0 Å². The summed E-state index contributed by atoms with van der Waals surface area (Å²) in [7, 11) is 1.48. The number of rotatable bonds is 7. The van der Waals surface area contributed by atoms with E-state index in [1.165, 1.54) is 19.2 Å². The van der Waals surface area contributed by atoms with E-state index in [0.29, 0.717) is 23.4 Å². The molecule has 0 heterocycles. The first-order valence-electron chi connectivity index (χ1n) is 6.53. The summed E-state index contributed by atoms with van der Waals surface area (Å²) < 4.78 is 5.13. The fraction of sp³-hybridized carbons (Fsp3) is 0.429. The van der Waals surface area contributed by atoms with E-state index in [1.807, 2.05) is 6.92 Å². The highest BCUT2D eigenvalue weighted by Crippen LogP contribution is 2.25. The number of carbonyl (C=O) groups is 2. The molecule has 2 amide bonds. The van der Waals surface area contributed by atoms with Gasteiger partial charge in [-0.15, -0.1) is 0 Å². The van der Waals surface area contributed by atoms with Gasteiger partial charge in [-0.3, -0.25) is 9.59 Å². The van der Waals surface area contributed by atoms with Crippen molar-refractivity contribution in [1.82, 2.24) is 0 Å². The van der Waals surface area contributed by atoms with Gasteiger partial charge in [0.25, 0.3) is 0 Å². The molecule has 6 nitrogen and oxygen atoms in total. The fourth-order valence-corrected chi connectivity index (χ4v) is 1.74. The predicted octanol–water partition coefficient (Wildman–Crippen LogP) is 1.25. The Bertz CT molecular complexity index is 489. The average molecular weight is 279 g/mol. The molecule has 0 spiro atoms. The van der Waals surface area contributed by atoms with Gasteiger partial charge in [0, 0.05) is 5.56 Å². The number of nitrogens with two attached hydrogens (primary N) is 2. The number of ether oxygens (including phenoxy) is 1. The lowest BCUT2D eigenvalue weighted by Crippen LogP contribution is -2.35. The molecule has 1 aromatic rings. The third-order valence-electron chi connectivity index (χ3n) is 2.95. The summed E-state index contributed by atoms with van der Waals surface area (Å²) in [6.45, 7) is 2.03. The number of amides is 2. The second kappa shape index (κ2) is 7.49. The fourth-order valence-electron chi connectivity index (χ4n) is 1.74. The van der Waals surface area contributed by atoms with Crippen LogP contribution in [0.25, 0.3) is 0 Å². The van der Waals surface area contributed by atoms with Crippen LogP contribution >= 0.6 is 0 Å². The molecule has 1 aromatic carbocycles. The Hall–Kier alpha value is -2.08. The van der Waals surface area contributed by atoms with E-state index in [2.05, 4.69) is 5.32 Å². The van der Waals surface area contributed by atoms with Crippen molar-refractivity contribution in [2.45, 2.75) is 32.2 Å². The lowest BCUT2D eigenvalue weighted by molar-refractivity contribution is -0.117. The summed E-state index contributed by atoms with van der Waals surface area (Å²) in [5.74, 6) is -0.428. The quantitative estimate of drug-likeness (QED) is 0.698. The van der Waals surface area contributed by atoms with E-state index in [4.69, 9.17) is 16.2 Å². The third-order valence-corrected chi connectivity index (χ3v) is 2.95. The van der Waals surface area contributed by atoms with Crippen molar-refractivity contribution >= 4 is 17.5 Å². The monoisotopic (exact) mass is 279 g/mol. The lowest BCUT2D eigenvalue weighted by atomic mass is 10.1. The van der Waals surface area contributed by atoms with E-state index < -0.39 is 11.9 Å². The summed E-state index contributed by atoms with van der Waals surface area (Å²) in [6.07, 6.45) is 2.47. The van der Waals surface area contributed by atoms with Gasteiger partial charge in [0.15, 0.2) is 0 Å². The minimum atomic E-state index is -0.586. The van der Waals surface area contributed by atoms with Crippen molar-refractivity contribution in [1.29, 1.82) is 0 Å². The highest BCUT2D eigenvalue weighted by atomic mass is 16.5. The minimum absolute atomic E-state index is 0.295. The van der Waals surface area contributed by atoms with Gasteiger partial charge in [-0.1, -0.05) is 19.8 Å². The zero-order chi connectivity index (χ0) is 15.1. The Morgan fingerprint density at radius 3 is 2.65 bits per heavy atom. The molecular weight excluding hydrogens is 258 g/mol. The van der Waals surface area contributed by atoms with Crippen LogP contribution in [0.4, 0.5) is 5.69 Å². The zero-order valence-corrected chi connectivity index (χ0v) is 11.8. The molecule has 0 bridgehead atoms. The topological polar surface area (TPSA) is 107 Å². The molecule has 0 aliphatic heterocycles. The number of benzene rings is 1. The zero-order valence-electron chi connectivity index (χ0n) is 11.8. The molecule has 6 heteroatoms. The first kappa shape index (κ1) is 16.0. The molecule has 20 heavy (non-hydrogen) atoms. The highest BCUT2D eigenvalue weighted by Gasteiger charge is 2.16. The van der Waals surface area contributed by atoms with Crippen LogP contribution in [0.15, 0.2) is 18.2 Å². The standard InChI is InChI=1S/C14H21N3O3/c1-3-4-5-10(15)14(19)17-11-8-9(13(16)18)6-7-12(11)20-2/h6-8,10H,3-5,15H2,1-2H3,(H2,16,18)(H,17,19). The molecule has 110 valence electrons. The molecular formula is C14H21N3O3. The van der Waals surface area contributed by atoms with Crippen LogP contribution in [0.3, 0.4) is 0 Å². The first-order valence-corrected chi connectivity index (χ1v) is 6.53. The van der Waals surface area contributed by atoms with Crippen molar-refractivity contribution in [3.63, 3.8) is 0 Å². The van der Waals surface area contributed by atoms with E-state index >= 15 is 0 Å². The maximum atomic E-state index is 12.0. The summed E-state index contributed by atoms with van der Waals surface area (Å²) in [4.78, 5) is 23.1. The van der Waals surface area contributed by atoms with E-state index in [9.17, 15) is 9.59 Å². The summed E-state index contributed by atoms with van der Waals surface area (Å²) in [5, 5.41) is 2.67. The molecule has 0 radical (unpaired) electrons. The molecule has 5 N–H and O–H groups in total. The molecule has 0 saturated carbocycles. The number of hydrogen-bond donors (Lipinski definition) is 3. The minimum Gasteiger partial charge on any atom is -0.495 e. The van der Waals surface area contributed by atoms with Crippen LogP contribution in [0.1, 0.15) is 36.5 Å². The van der Waals surface area contributed by atoms with Crippen LogP contribution in [-0.4, -0.2) is 25.0 Å². The van der Waals surface area contributed by atoms with Crippen LogP contribution in [0.2, 0.25) is 0 Å². The van der Waals surface area contributed by atoms with Gasteiger partial charge >= 0.3 is 0 Å². The van der Waals surface area contributed by atoms with Crippen molar-refractivity contribution in [3.8, 4) is 5.75 Å². The van der Waals surface area contributed by atoms with Crippen LogP contribution in [-0.2, 0) is 4.79 Å². The third kappa shape index (κ3) is 4.24. The molecule has 0 aromatic heterocycles. The van der Waals surface area contributed by atoms with Crippen molar-refractivity contribution < 1.29 is 14.3 Å². The van der Waals surface area contributed by atoms with Gasteiger partial charge in [0.1, 0.15) is 5.75 Å². The molecule has 0 aliphatic carbocycles. The number of primary amides is 1. The second-order valence-corrected chi connectivity index (χ2v) is 4.52. The number of anilines is 1. The molecule has 0 saturated heterocycles. The maximum Gasteiger partial charge on any atom is 0.248 e. The van der Waals surface area contributed by atoms with Crippen LogP contribution in [0.5, 0.6) is 5.75 Å². The molecule has 1 atom stereocenters. The lowest BCUT2D eigenvalue weighted by Gasteiger charge is -2.14. The molecule has 1 rings (SSSR count). The Morgan fingerprint density at radius 2 is 2.10 bits per heavy atom. The van der Waals surface area contributed by atoms with E-state index in [1.54, 1.807) is 6.07 Å². The van der Waals surface area contributed by atoms with Crippen molar-refractivity contribution in [2.24, 2.45) is 11.5 Å². The first-order chi connectivity index (χ1) is 9.49. The van der Waals surface area contributed by atoms with Gasteiger partial charge in [-0.25, -0.2) is 0 Å². The van der Waals surface area contributed by atoms with Gasteiger partial charge in [0.2, 0.25) is 11.8 Å². The molecule has 0 fully saturated rings. The number of unbranched alkanes of at least 4 members (excludes halogenated alkanes) is 1. The average Bonchev–Trinajstić information content (AvgIpc) is 2.44. The summed E-state index contributed by atoms with van der Waals surface area (Å²) in [6, 6.07) is 4.00. The van der Waals surface area contributed by atoms with Crippen molar-refractivity contribution in [3.05, 3.63) is 23.8 Å². The molecule has 0 aliphatic rings. The Labute approximate surface area is 118 Å². The number of nitrogens with one attached hydrogen (secondary N) is 1. The Balaban J connectivity index is 2.86. The summed E-state index contributed by atoms with van der Waals surface area (Å²) in [5.41, 5.74) is 11.7. The number of methoxy groups -OCH3 is 1. The van der Waals surface area contributed by atoms with E-state index in [-0.39, 0.29) is 5.91 Å². The molecule has 1 unspecified atom stereocenters. The van der Waals surface area contributed by atoms with Crippen molar-refractivity contribution in [2.75, 3.05) is 12.4 Å². The van der Waals surface area contributed by atoms with Gasteiger partial charge < -0.3 is 21.5 Å². The van der Waals surface area contributed by atoms with E-state index in [0.717, 1.165) is 12.8 Å². The second-order valence-electron chi connectivity index (χ2n) is 4.52. The number of hydrogen-bond acceptors (Lipinski definition) is 4. The summed E-state index contributed by atoms with van der Waals surface area (Å²) >= 11 is 0. The highest BCUT2D eigenvalue weighted by molar-refractivity contribution is 5.99. The smallest absolute Gasteiger partial charge is 0.248 e. The maximum absolute atomic E-state index is 12.0. The Kier molecular flexibility index (Phi) is 5.99. The number of carbonyl (C=O) groups excluding carboxylic acids is 2. The SMILES string of the molecule is CCCCC(N)C(=O)Nc1cc(C(N)=O)ccc1OC. The van der Waals surface area contributed by atoms with Gasteiger partial charge in [0.05, 0.1) is 18.8 Å². The predicted molar refractivity (Wildman–Crippen MR) is 77.6 cm³/mol. The van der Waals surface area contributed by atoms with Crippen LogP contribution < -0.4 is 21.5 Å². The van der Waals surface area contributed by atoms with Gasteiger partial charge in [-0.2, -0.15) is 0 Å². The largest absolute Gasteiger partial charge is 0.495 e. The normalized spacial score (nSPS) is 11.8.